The average molecular weight is 309 g/mol. The van der Waals surface area contributed by atoms with Gasteiger partial charge in [0.25, 0.3) is 0 Å². The standard InChI is InChI=1S/C16H23NO5/c1-21-16(20)9-10-17(11-12-18)15(19)8-5-13-22-14-6-3-2-4-7-14/h2-4,6-7,18H,5,8-13H2,1H3. The zero-order valence-electron chi connectivity index (χ0n) is 12.9. The van der Waals surface area contributed by atoms with Crippen LogP contribution in [0.4, 0.5) is 0 Å². The molecule has 1 aromatic rings. The van der Waals surface area contributed by atoms with Crippen molar-refractivity contribution in [3.05, 3.63) is 30.3 Å². The molecule has 0 aliphatic carbocycles. The van der Waals surface area contributed by atoms with Crippen LogP contribution in [-0.4, -0.2) is 55.3 Å². The highest BCUT2D eigenvalue weighted by Crippen LogP contribution is 2.09. The van der Waals surface area contributed by atoms with Crippen molar-refractivity contribution in [3.8, 4) is 5.75 Å². The maximum Gasteiger partial charge on any atom is 0.307 e. The Labute approximate surface area is 130 Å². The maximum absolute atomic E-state index is 12.1. The third-order valence-corrected chi connectivity index (χ3v) is 3.08. The first kappa shape index (κ1) is 18.0. The van der Waals surface area contributed by atoms with Crippen LogP contribution in [0.15, 0.2) is 30.3 Å². The van der Waals surface area contributed by atoms with Crippen LogP contribution in [0, 0.1) is 0 Å². The van der Waals surface area contributed by atoms with Crippen LogP contribution in [0.3, 0.4) is 0 Å². The Kier molecular flexibility index (Phi) is 8.67. The van der Waals surface area contributed by atoms with E-state index in [1.165, 1.54) is 12.0 Å². The smallest absolute Gasteiger partial charge is 0.307 e. The van der Waals surface area contributed by atoms with Crippen LogP contribution in [0.5, 0.6) is 5.75 Å². The Hall–Kier alpha value is -2.08. The minimum atomic E-state index is -0.372. The van der Waals surface area contributed by atoms with E-state index in [9.17, 15) is 9.59 Å². The molecular weight excluding hydrogens is 286 g/mol. The van der Waals surface area contributed by atoms with E-state index in [0.29, 0.717) is 19.4 Å². The Balaban J connectivity index is 2.28. The summed E-state index contributed by atoms with van der Waals surface area (Å²) in [6, 6.07) is 9.39. The highest BCUT2D eigenvalue weighted by atomic mass is 16.5. The van der Waals surface area contributed by atoms with Gasteiger partial charge in [0, 0.05) is 19.5 Å². The lowest BCUT2D eigenvalue weighted by Crippen LogP contribution is -2.35. The van der Waals surface area contributed by atoms with Gasteiger partial charge in [-0.1, -0.05) is 18.2 Å². The molecule has 0 aliphatic rings. The molecule has 6 nitrogen and oxygen atoms in total. The predicted octanol–water partition coefficient (Wildman–Crippen LogP) is 1.23. The van der Waals surface area contributed by atoms with Gasteiger partial charge in [0.05, 0.1) is 26.7 Å². The minimum Gasteiger partial charge on any atom is -0.494 e. The Morgan fingerprint density at radius 2 is 1.86 bits per heavy atom. The van der Waals surface area contributed by atoms with Crippen LogP contribution in [0.25, 0.3) is 0 Å². The fourth-order valence-corrected chi connectivity index (χ4v) is 1.90. The monoisotopic (exact) mass is 309 g/mol. The normalized spacial score (nSPS) is 10.1. The molecule has 0 radical (unpaired) electrons. The quantitative estimate of drug-likeness (QED) is 0.520. The maximum atomic E-state index is 12.1. The topological polar surface area (TPSA) is 76.1 Å². The molecule has 0 heterocycles. The number of aliphatic hydroxyl groups excluding tert-OH is 1. The third kappa shape index (κ3) is 7.08. The van der Waals surface area contributed by atoms with Crippen LogP contribution in [-0.2, 0) is 14.3 Å². The van der Waals surface area contributed by atoms with E-state index in [0.717, 1.165) is 5.75 Å². The lowest BCUT2D eigenvalue weighted by molar-refractivity contribution is -0.142. The van der Waals surface area contributed by atoms with Gasteiger partial charge < -0.3 is 19.5 Å². The number of carbonyl (C=O) groups is 2. The average Bonchev–Trinajstić information content (AvgIpc) is 2.55. The summed E-state index contributed by atoms with van der Waals surface area (Å²) < 4.78 is 10.1. The van der Waals surface area contributed by atoms with Gasteiger partial charge in [-0.3, -0.25) is 9.59 Å². The van der Waals surface area contributed by atoms with Crippen molar-refractivity contribution in [1.82, 2.24) is 4.90 Å². The van der Waals surface area contributed by atoms with Crippen LogP contribution in [0.1, 0.15) is 19.3 Å². The van der Waals surface area contributed by atoms with Gasteiger partial charge in [-0.15, -0.1) is 0 Å². The first-order chi connectivity index (χ1) is 10.7. The molecule has 0 unspecified atom stereocenters. The SMILES string of the molecule is COC(=O)CCN(CCO)C(=O)CCCOc1ccccc1. The lowest BCUT2D eigenvalue weighted by Gasteiger charge is -2.21. The molecule has 0 aliphatic heterocycles. The van der Waals surface area contributed by atoms with E-state index >= 15 is 0 Å². The number of amides is 1. The highest BCUT2D eigenvalue weighted by Gasteiger charge is 2.14. The summed E-state index contributed by atoms with van der Waals surface area (Å²) in [4.78, 5) is 24.6. The number of esters is 1. The van der Waals surface area contributed by atoms with Gasteiger partial charge >= 0.3 is 5.97 Å². The van der Waals surface area contributed by atoms with E-state index in [-0.39, 0.29) is 38.0 Å². The van der Waals surface area contributed by atoms with Crippen LogP contribution >= 0.6 is 0 Å². The van der Waals surface area contributed by atoms with Crippen molar-refractivity contribution in [2.75, 3.05) is 33.4 Å². The molecule has 1 amide bonds. The molecular formula is C16H23NO5. The lowest BCUT2D eigenvalue weighted by atomic mass is 10.2. The summed E-state index contributed by atoms with van der Waals surface area (Å²) in [6.07, 6.45) is 1.02. The number of methoxy groups -OCH3 is 1. The van der Waals surface area contributed by atoms with Crippen molar-refractivity contribution >= 4 is 11.9 Å². The summed E-state index contributed by atoms with van der Waals surface area (Å²) in [6.45, 7) is 0.786. The molecule has 22 heavy (non-hydrogen) atoms. The number of nitrogens with zero attached hydrogens (tertiary/aromatic N) is 1. The third-order valence-electron chi connectivity index (χ3n) is 3.08. The molecule has 0 bridgehead atoms. The first-order valence-corrected chi connectivity index (χ1v) is 7.30. The zero-order valence-corrected chi connectivity index (χ0v) is 12.9. The van der Waals surface area contributed by atoms with Crippen molar-refractivity contribution in [1.29, 1.82) is 0 Å². The molecule has 0 fully saturated rings. The fourth-order valence-electron chi connectivity index (χ4n) is 1.90. The summed E-state index contributed by atoms with van der Waals surface area (Å²) in [7, 11) is 1.31. The van der Waals surface area contributed by atoms with Crippen LogP contribution in [0.2, 0.25) is 0 Å². The largest absolute Gasteiger partial charge is 0.494 e. The number of ether oxygens (including phenoxy) is 2. The van der Waals surface area contributed by atoms with Gasteiger partial charge in [0.15, 0.2) is 0 Å². The number of aliphatic hydroxyl groups is 1. The molecule has 1 N–H and O–H groups in total. The highest BCUT2D eigenvalue weighted by molar-refractivity contribution is 5.77. The Morgan fingerprint density at radius 1 is 1.14 bits per heavy atom. The van der Waals surface area contributed by atoms with Gasteiger partial charge in [-0.25, -0.2) is 0 Å². The van der Waals surface area contributed by atoms with E-state index in [1.54, 1.807) is 0 Å². The summed E-state index contributed by atoms with van der Waals surface area (Å²) in [5.41, 5.74) is 0. The molecule has 122 valence electrons. The molecule has 0 saturated heterocycles. The molecule has 0 saturated carbocycles. The van der Waals surface area contributed by atoms with Crippen molar-refractivity contribution < 1.29 is 24.2 Å². The van der Waals surface area contributed by atoms with Gasteiger partial charge in [-0.05, 0) is 18.6 Å². The van der Waals surface area contributed by atoms with E-state index in [1.807, 2.05) is 30.3 Å². The Bertz CT molecular complexity index is 449. The summed E-state index contributed by atoms with van der Waals surface area (Å²) >= 11 is 0. The second-order valence-corrected chi connectivity index (χ2v) is 4.70. The summed E-state index contributed by atoms with van der Waals surface area (Å²) in [5.74, 6) is 0.297. The molecule has 1 rings (SSSR count). The summed E-state index contributed by atoms with van der Waals surface area (Å²) in [5, 5.41) is 8.99. The number of carbonyl (C=O) groups excluding carboxylic acids is 2. The number of hydrogen-bond donors (Lipinski definition) is 1. The van der Waals surface area contributed by atoms with E-state index in [2.05, 4.69) is 4.74 Å². The molecule has 1 aromatic carbocycles. The molecule has 6 heteroatoms. The molecule has 0 atom stereocenters. The van der Waals surface area contributed by atoms with Gasteiger partial charge in [0.1, 0.15) is 5.75 Å². The van der Waals surface area contributed by atoms with Crippen molar-refractivity contribution in [2.24, 2.45) is 0 Å². The number of rotatable bonds is 10. The van der Waals surface area contributed by atoms with Crippen molar-refractivity contribution in [3.63, 3.8) is 0 Å². The number of hydrogen-bond acceptors (Lipinski definition) is 5. The second kappa shape index (κ2) is 10.6. The first-order valence-electron chi connectivity index (χ1n) is 7.30. The molecule has 0 spiro atoms. The second-order valence-electron chi connectivity index (χ2n) is 4.70. The minimum absolute atomic E-state index is 0.102. The predicted molar refractivity (Wildman–Crippen MR) is 81.5 cm³/mol. The van der Waals surface area contributed by atoms with E-state index < -0.39 is 0 Å². The number of para-hydroxylation sites is 1. The Morgan fingerprint density at radius 3 is 2.50 bits per heavy atom. The molecule has 0 aromatic heterocycles. The van der Waals surface area contributed by atoms with Gasteiger partial charge in [-0.2, -0.15) is 0 Å². The van der Waals surface area contributed by atoms with Crippen LogP contribution < -0.4 is 4.74 Å². The fraction of sp³-hybridized carbons (Fsp3) is 0.500. The number of benzene rings is 1. The van der Waals surface area contributed by atoms with Crippen molar-refractivity contribution in [2.45, 2.75) is 19.3 Å². The van der Waals surface area contributed by atoms with Gasteiger partial charge in [0.2, 0.25) is 5.91 Å². The van der Waals surface area contributed by atoms with E-state index in [4.69, 9.17) is 9.84 Å². The zero-order chi connectivity index (χ0) is 16.2.